The molecule has 0 atom stereocenters. The van der Waals surface area contributed by atoms with E-state index in [0.717, 1.165) is 38.7 Å². The number of carbonyl (C=O) groups is 1. The van der Waals surface area contributed by atoms with E-state index in [4.69, 9.17) is 0 Å². The summed E-state index contributed by atoms with van der Waals surface area (Å²) >= 11 is 8.20. The van der Waals surface area contributed by atoms with Crippen LogP contribution in [0.5, 0.6) is 0 Å². The zero-order chi connectivity index (χ0) is 12.3. The van der Waals surface area contributed by atoms with Crippen molar-refractivity contribution in [1.29, 1.82) is 0 Å². The van der Waals surface area contributed by atoms with E-state index in [-0.39, 0.29) is 5.91 Å². The second kappa shape index (κ2) is 6.31. The van der Waals surface area contributed by atoms with Crippen molar-refractivity contribution in [1.82, 2.24) is 10.6 Å². The number of thiophene rings is 1. The summed E-state index contributed by atoms with van der Waals surface area (Å²) in [6, 6.07) is 2.59. The molecule has 17 heavy (non-hydrogen) atoms. The predicted molar refractivity (Wildman–Crippen MR) is 77.7 cm³/mol. The molecular weight excluding hydrogens is 368 g/mol. The molecule has 1 aromatic heterocycles. The summed E-state index contributed by atoms with van der Waals surface area (Å²) in [6.07, 6.45) is 3.60. The molecule has 2 N–H and O–H groups in total. The second-order valence-corrected chi connectivity index (χ2v) is 7.29. The number of hydrogen-bond donors (Lipinski definition) is 2. The van der Waals surface area contributed by atoms with Gasteiger partial charge in [0.1, 0.15) is 0 Å². The molecule has 0 saturated heterocycles. The Labute approximate surface area is 122 Å². The SMILES string of the molecule is O=C(NCCCNC1CC1)c1cc(Br)c(Br)s1. The van der Waals surface area contributed by atoms with Crippen LogP contribution in [0.15, 0.2) is 14.3 Å². The van der Waals surface area contributed by atoms with Crippen molar-refractivity contribution in [2.45, 2.75) is 25.3 Å². The van der Waals surface area contributed by atoms with Crippen LogP contribution in [0.25, 0.3) is 0 Å². The van der Waals surface area contributed by atoms with Crippen LogP contribution < -0.4 is 10.6 Å². The standard InChI is InChI=1S/C11H14Br2N2OS/c12-8-6-9(17-10(8)13)11(16)15-5-1-4-14-7-2-3-7/h6-7,14H,1-5H2,(H,15,16). The first-order chi connectivity index (χ1) is 8.16. The fraction of sp³-hybridized carbons (Fsp3) is 0.545. The number of nitrogens with one attached hydrogen (secondary N) is 2. The van der Waals surface area contributed by atoms with Crippen molar-refractivity contribution in [3.05, 3.63) is 19.2 Å². The number of carbonyl (C=O) groups excluding carboxylic acids is 1. The Bertz CT molecular complexity index is 385. The highest BCUT2D eigenvalue weighted by Gasteiger charge is 2.19. The molecule has 0 spiro atoms. The van der Waals surface area contributed by atoms with Gasteiger partial charge in [-0.1, -0.05) is 0 Å². The van der Waals surface area contributed by atoms with Crippen molar-refractivity contribution < 1.29 is 4.79 Å². The first-order valence-electron chi connectivity index (χ1n) is 5.63. The highest BCUT2D eigenvalue weighted by Crippen LogP contribution is 2.32. The largest absolute Gasteiger partial charge is 0.351 e. The van der Waals surface area contributed by atoms with Crippen LogP contribution in [0.4, 0.5) is 0 Å². The van der Waals surface area contributed by atoms with Gasteiger partial charge in [-0.05, 0) is 63.7 Å². The lowest BCUT2D eigenvalue weighted by Crippen LogP contribution is -2.27. The van der Waals surface area contributed by atoms with Gasteiger partial charge < -0.3 is 10.6 Å². The van der Waals surface area contributed by atoms with Gasteiger partial charge in [0.25, 0.3) is 5.91 Å². The van der Waals surface area contributed by atoms with E-state index in [9.17, 15) is 4.79 Å². The van der Waals surface area contributed by atoms with Gasteiger partial charge in [0.05, 0.1) is 8.66 Å². The normalized spacial score (nSPS) is 14.9. The van der Waals surface area contributed by atoms with Crippen molar-refractivity contribution >= 4 is 49.1 Å². The minimum absolute atomic E-state index is 0.00724. The number of halogens is 2. The molecule has 3 nitrogen and oxygen atoms in total. The summed E-state index contributed by atoms with van der Waals surface area (Å²) < 4.78 is 1.89. The Morgan fingerprint density at radius 3 is 2.76 bits per heavy atom. The lowest BCUT2D eigenvalue weighted by Gasteiger charge is -2.04. The molecule has 1 amide bonds. The monoisotopic (exact) mass is 380 g/mol. The van der Waals surface area contributed by atoms with E-state index >= 15 is 0 Å². The molecule has 0 aliphatic heterocycles. The molecule has 1 heterocycles. The van der Waals surface area contributed by atoms with Crippen molar-refractivity contribution in [2.24, 2.45) is 0 Å². The maximum Gasteiger partial charge on any atom is 0.261 e. The fourth-order valence-electron chi connectivity index (χ4n) is 1.43. The average molecular weight is 382 g/mol. The Balaban J connectivity index is 1.65. The van der Waals surface area contributed by atoms with E-state index < -0.39 is 0 Å². The Morgan fingerprint density at radius 2 is 2.18 bits per heavy atom. The van der Waals surface area contributed by atoms with Crippen LogP contribution in [-0.2, 0) is 0 Å². The van der Waals surface area contributed by atoms with E-state index in [1.807, 2.05) is 6.07 Å². The molecule has 2 rings (SSSR count). The molecule has 1 aliphatic carbocycles. The Kier molecular flexibility index (Phi) is 5.02. The lowest BCUT2D eigenvalue weighted by atomic mass is 10.4. The first kappa shape index (κ1) is 13.5. The van der Waals surface area contributed by atoms with Crippen LogP contribution in [0, 0.1) is 0 Å². The van der Waals surface area contributed by atoms with Gasteiger partial charge in [-0.25, -0.2) is 0 Å². The molecule has 6 heteroatoms. The second-order valence-electron chi connectivity index (χ2n) is 4.07. The fourth-order valence-corrected chi connectivity index (χ4v) is 3.38. The van der Waals surface area contributed by atoms with Crippen LogP contribution in [0.2, 0.25) is 0 Å². The number of rotatable bonds is 6. The molecule has 0 unspecified atom stereocenters. The molecule has 0 bridgehead atoms. The third-order valence-electron chi connectivity index (χ3n) is 2.52. The summed E-state index contributed by atoms with van der Waals surface area (Å²) in [5, 5.41) is 6.34. The van der Waals surface area contributed by atoms with Gasteiger partial charge in [-0.3, -0.25) is 4.79 Å². The maximum absolute atomic E-state index is 11.8. The predicted octanol–water partition coefficient (Wildman–Crippen LogP) is 3.15. The average Bonchev–Trinajstić information content (AvgIpc) is 3.05. The van der Waals surface area contributed by atoms with Crippen LogP contribution in [0.1, 0.15) is 28.9 Å². The summed E-state index contributed by atoms with van der Waals surface area (Å²) in [4.78, 5) is 12.5. The minimum atomic E-state index is 0.00724. The third kappa shape index (κ3) is 4.35. The quantitative estimate of drug-likeness (QED) is 0.743. The molecule has 0 radical (unpaired) electrons. The highest BCUT2D eigenvalue weighted by atomic mass is 79.9. The number of amides is 1. The molecule has 94 valence electrons. The maximum atomic E-state index is 11.8. The first-order valence-corrected chi connectivity index (χ1v) is 8.03. The van der Waals surface area contributed by atoms with E-state index in [1.165, 1.54) is 24.2 Å². The van der Waals surface area contributed by atoms with Gasteiger partial charge >= 0.3 is 0 Å². The summed E-state index contributed by atoms with van der Waals surface area (Å²) in [5.74, 6) is 0.00724. The van der Waals surface area contributed by atoms with Gasteiger partial charge in [0.15, 0.2) is 0 Å². The van der Waals surface area contributed by atoms with Crippen molar-refractivity contribution in [2.75, 3.05) is 13.1 Å². The molecule has 1 aliphatic rings. The van der Waals surface area contributed by atoms with Crippen LogP contribution >= 0.6 is 43.2 Å². The molecule has 0 aromatic carbocycles. The molecule has 1 fully saturated rings. The van der Waals surface area contributed by atoms with E-state index in [1.54, 1.807) is 0 Å². The zero-order valence-electron chi connectivity index (χ0n) is 9.26. The molecule has 1 saturated carbocycles. The van der Waals surface area contributed by atoms with Gasteiger partial charge in [-0.2, -0.15) is 0 Å². The Morgan fingerprint density at radius 1 is 1.41 bits per heavy atom. The van der Waals surface area contributed by atoms with Gasteiger partial charge in [0, 0.05) is 17.1 Å². The van der Waals surface area contributed by atoms with E-state index in [0.29, 0.717) is 0 Å². The van der Waals surface area contributed by atoms with Crippen LogP contribution in [-0.4, -0.2) is 25.0 Å². The van der Waals surface area contributed by atoms with Crippen molar-refractivity contribution in [3.63, 3.8) is 0 Å². The van der Waals surface area contributed by atoms with Gasteiger partial charge in [-0.15, -0.1) is 11.3 Å². The topological polar surface area (TPSA) is 41.1 Å². The van der Waals surface area contributed by atoms with E-state index in [2.05, 4.69) is 42.5 Å². The Hall–Kier alpha value is 0.0900. The summed E-state index contributed by atoms with van der Waals surface area (Å²) in [6.45, 7) is 1.72. The lowest BCUT2D eigenvalue weighted by molar-refractivity contribution is 0.0957. The van der Waals surface area contributed by atoms with Crippen molar-refractivity contribution in [3.8, 4) is 0 Å². The summed E-state index contributed by atoms with van der Waals surface area (Å²) in [5.41, 5.74) is 0. The molecule has 1 aromatic rings. The smallest absolute Gasteiger partial charge is 0.261 e. The van der Waals surface area contributed by atoms with Gasteiger partial charge in [0.2, 0.25) is 0 Å². The highest BCUT2D eigenvalue weighted by molar-refractivity contribution is 9.13. The summed E-state index contributed by atoms with van der Waals surface area (Å²) in [7, 11) is 0. The zero-order valence-corrected chi connectivity index (χ0v) is 13.3. The van der Waals surface area contributed by atoms with Crippen LogP contribution in [0.3, 0.4) is 0 Å². The third-order valence-corrected chi connectivity index (χ3v) is 5.77. The molecular formula is C11H14Br2N2OS. The minimum Gasteiger partial charge on any atom is -0.351 e. The number of hydrogen-bond acceptors (Lipinski definition) is 3.